The van der Waals surface area contributed by atoms with E-state index in [1.54, 1.807) is 0 Å². The molecule has 104 valence electrons. The second-order valence-corrected chi connectivity index (χ2v) is 5.32. The largest absolute Gasteiger partial charge is 0.310 e. The topological polar surface area (TPSA) is 37.8 Å². The Hall–Kier alpha value is -1.74. The molecule has 1 atom stereocenters. The summed E-state index contributed by atoms with van der Waals surface area (Å²) in [6.07, 6.45) is 6.77. The Morgan fingerprint density at radius 1 is 1.20 bits per heavy atom. The number of nitrogens with one attached hydrogen (secondary N) is 1. The molecule has 1 heterocycles. The van der Waals surface area contributed by atoms with E-state index in [9.17, 15) is 0 Å². The minimum atomic E-state index is 0.419. The lowest BCUT2D eigenvalue weighted by Crippen LogP contribution is -2.21. The Bertz CT molecular complexity index is 566. The van der Waals surface area contributed by atoms with E-state index in [1.165, 1.54) is 30.5 Å². The van der Waals surface area contributed by atoms with Crippen LogP contribution in [0.25, 0.3) is 11.4 Å². The highest BCUT2D eigenvalue weighted by molar-refractivity contribution is 5.54. The Morgan fingerprint density at radius 3 is 2.85 bits per heavy atom. The van der Waals surface area contributed by atoms with Crippen molar-refractivity contribution in [2.75, 3.05) is 6.54 Å². The first-order valence-corrected chi connectivity index (χ1v) is 7.53. The normalized spacial score (nSPS) is 18.4. The molecule has 0 aliphatic heterocycles. The predicted molar refractivity (Wildman–Crippen MR) is 81.4 cm³/mol. The van der Waals surface area contributed by atoms with Gasteiger partial charge in [-0.3, -0.25) is 0 Å². The first kappa shape index (κ1) is 13.3. The van der Waals surface area contributed by atoms with Gasteiger partial charge < -0.3 is 5.32 Å². The van der Waals surface area contributed by atoms with E-state index in [2.05, 4.69) is 29.4 Å². The van der Waals surface area contributed by atoms with Crippen LogP contribution >= 0.6 is 0 Å². The second-order valence-electron chi connectivity index (χ2n) is 5.32. The Balaban J connectivity index is 1.97. The number of aromatic nitrogens is 2. The molecule has 1 aromatic heterocycles. The molecule has 1 unspecified atom stereocenters. The van der Waals surface area contributed by atoms with Gasteiger partial charge in [-0.25, -0.2) is 9.97 Å². The fourth-order valence-corrected chi connectivity index (χ4v) is 2.90. The van der Waals surface area contributed by atoms with E-state index in [1.807, 2.05) is 24.4 Å². The highest BCUT2D eigenvalue weighted by Gasteiger charge is 2.20. The zero-order valence-electron chi connectivity index (χ0n) is 12.0. The molecule has 0 bridgehead atoms. The minimum Gasteiger partial charge on any atom is -0.310 e. The van der Waals surface area contributed by atoms with Crippen molar-refractivity contribution in [2.24, 2.45) is 0 Å². The lowest BCUT2D eigenvalue weighted by molar-refractivity contribution is 0.502. The average molecular weight is 267 g/mol. The average Bonchev–Trinajstić information content (AvgIpc) is 2.71. The molecule has 0 fully saturated rings. The number of hydrogen-bond donors (Lipinski definition) is 1. The van der Waals surface area contributed by atoms with E-state index in [-0.39, 0.29) is 0 Å². The van der Waals surface area contributed by atoms with E-state index in [0.717, 1.165) is 24.4 Å². The van der Waals surface area contributed by atoms with E-state index >= 15 is 0 Å². The fourth-order valence-electron chi connectivity index (χ4n) is 2.90. The predicted octanol–water partition coefficient (Wildman–Crippen LogP) is 3.52. The van der Waals surface area contributed by atoms with Crippen molar-refractivity contribution in [3.05, 3.63) is 47.8 Å². The SMILES string of the molecule is CCNC1CCCCc2nc(-c3ccccc3)ncc21. The zero-order chi connectivity index (χ0) is 13.8. The van der Waals surface area contributed by atoms with Gasteiger partial charge in [0.25, 0.3) is 0 Å². The van der Waals surface area contributed by atoms with Gasteiger partial charge >= 0.3 is 0 Å². The van der Waals surface area contributed by atoms with E-state index in [4.69, 9.17) is 4.98 Å². The third-order valence-corrected chi connectivity index (χ3v) is 3.91. The molecule has 1 aliphatic rings. The summed E-state index contributed by atoms with van der Waals surface area (Å²) in [4.78, 5) is 9.41. The summed E-state index contributed by atoms with van der Waals surface area (Å²) in [5, 5.41) is 3.56. The second kappa shape index (κ2) is 6.14. The molecule has 3 rings (SSSR count). The lowest BCUT2D eigenvalue weighted by atomic mass is 10.0. The number of aryl methyl sites for hydroxylation is 1. The van der Waals surface area contributed by atoms with Gasteiger partial charge in [-0.05, 0) is 25.8 Å². The van der Waals surface area contributed by atoms with Crippen molar-refractivity contribution < 1.29 is 0 Å². The first-order chi connectivity index (χ1) is 9.88. The Labute approximate surface area is 120 Å². The van der Waals surface area contributed by atoms with Crippen molar-refractivity contribution in [3.8, 4) is 11.4 Å². The minimum absolute atomic E-state index is 0.419. The fraction of sp³-hybridized carbons (Fsp3) is 0.412. The summed E-state index contributed by atoms with van der Waals surface area (Å²) in [5.41, 5.74) is 3.62. The number of benzene rings is 1. The summed E-state index contributed by atoms with van der Waals surface area (Å²) in [6, 6.07) is 10.6. The van der Waals surface area contributed by atoms with E-state index < -0.39 is 0 Å². The molecule has 1 aromatic carbocycles. The van der Waals surface area contributed by atoms with Gasteiger partial charge in [0.05, 0.1) is 0 Å². The molecule has 2 aromatic rings. The monoisotopic (exact) mass is 267 g/mol. The molecule has 20 heavy (non-hydrogen) atoms. The molecule has 3 heteroatoms. The Kier molecular flexibility index (Phi) is 4.07. The maximum atomic E-state index is 4.82. The van der Waals surface area contributed by atoms with Crippen LogP contribution in [-0.2, 0) is 6.42 Å². The smallest absolute Gasteiger partial charge is 0.159 e. The number of fused-ring (bicyclic) bond motifs is 1. The van der Waals surface area contributed by atoms with Crippen LogP contribution in [0, 0.1) is 0 Å². The maximum absolute atomic E-state index is 4.82. The summed E-state index contributed by atoms with van der Waals surface area (Å²) in [5.74, 6) is 0.849. The molecule has 0 spiro atoms. The molecule has 0 saturated carbocycles. The van der Waals surface area contributed by atoms with E-state index in [0.29, 0.717) is 6.04 Å². The van der Waals surface area contributed by atoms with Gasteiger partial charge in [0.15, 0.2) is 5.82 Å². The number of nitrogens with zero attached hydrogens (tertiary/aromatic N) is 2. The van der Waals surface area contributed by atoms with Crippen LogP contribution in [0.5, 0.6) is 0 Å². The summed E-state index contributed by atoms with van der Waals surface area (Å²) < 4.78 is 0. The van der Waals surface area contributed by atoms with Gasteiger partial charge in [-0.2, -0.15) is 0 Å². The van der Waals surface area contributed by atoms with Crippen molar-refractivity contribution in [1.82, 2.24) is 15.3 Å². The standard InChI is InChI=1S/C17H21N3/c1-2-18-15-10-6-7-11-16-14(15)12-19-17(20-16)13-8-4-3-5-9-13/h3-5,8-9,12,15,18H,2,6-7,10-11H2,1H3. The van der Waals surface area contributed by atoms with Crippen LogP contribution in [-0.4, -0.2) is 16.5 Å². The molecule has 0 radical (unpaired) electrons. The third-order valence-electron chi connectivity index (χ3n) is 3.91. The van der Waals surface area contributed by atoms with Crippen LogP contribution in [0.2, 0.25) is 0 Å². The highest BCUT2D eigenvalue weighted by atomic mass is 14.9. The van der Waals surface area contributed by atoms with Crippen molar-refractivity contribution >= 4 is 0 Å². The van der Waals surface area contributed by atoms with Crippen LogP contribution in [0.4, 0.5) is 0 Å². The molecular weight excluding hydrogens is 246 g/mol. The summed E-state index contributed by atoms with van der Waals surface area (Å²) >= 11 is 0. The number of rotatable bonds is 3. The van der Waals surface area contributed by atoms with Gasteiger partial charge in [-0.1, -0.05) is 43.7 Å². The zero-order valence-corrected chi connectivity index (χ0v) is 12.0. The number of hydrogen-bond acceptors (Lipinski definition) is 3. The highest BCUT2D eigenvalue weighted by Crippen LogP contribution is 2.28. The van der Waals surface area contributed by atoms with Crippen LogP contribution in [0.3, 0.4) is 0 Å². The summed E-state index contributed by atoms with van der Waals surface area (Å²) in [7, 11) is 0. The lowest BCUT2D eigenvalue weighted by Gasteiger charge is -2.17. The van der Waals surface area contributed by atoms with Crippen molar-refractivity contribution in [2.45, 2.75) is 38.6 Å². The molecule has 0 saturated heterocycles. The van der Waals surface area contributed by atoms with Crippen LogP contribution < -0.4 is 5.32 Å². The van der Waals surface area contributed by atoms with Crippen LogP contribution in [0.15, 0.2) is 36.5 Å². The van der Waals surface area contributed by atoms with Crippen LogP contribution in [0.1, 0.15) is 43.5 Å². The summed E-state index contributed by atoms with van der Waals surface area (Å²) in [6.45, 7) is 3.15. The van der Waals surface area contributed by atoms with Gasteiger partial charge in [0.1, 0.15) is 0 Å². The molecule has 0 amide bonds. The van der Waals surface area contributed by atoms with Crippen molar-refractivity contribution in [3.63, 3.8) is 0 Å². The molecule has 3 nitrogen and oxygen atoms in total. The molecule has 1 N–H and O–H groups in total. The Morgan fingerprint density at radius 2 is 2.05 bits per heavy atom. The third kappa shape index (κ3) is 2.73. The van der Waals surface area contributed by atoms with Gasteiger partial charge in [0.2, 0.25) is 0 Å². The van der Waals surface area contributed by atoms with Gasteiger partial charge in [-0.15, -0.1) is 0 Å². The van der Waals surface area contributed by atoms with Gasteiger partial charge in [0, 0.05) is 29.1 Å². The molecule has 1 aliphatic carbocycles. The quantitative estimate of drug-likeness (QED) is 0.865. The molecular formula is C17H21N3. The first-order valence-electron chi connectivity index (χ1n) is 7.53. The maximum Gasteiger partial charge on any atom is 0.159 e. The van der Waals surface area contributed by atoms with Crippen molar-refractivity contribution in [1.29, 1.82) is 0 Å².